The van der Waals surface area contributed by atoms with Crippen LogP contribution in [0.4, 0.5) is 0 Å². The van der Waals surface area contributed by atoms with Crippen molar-refractivity contribution < 1.29 is 19.1 Å². The molecule has 2 amide bonds. The molecule has 1 aliphatic carbocycles. The van der Waals surface area contributed by atoms with Gasteiger partial charge < -0.3 is 19.3 Å². The normalized spacial score (nSPS) is 23.3. The predicted molar refractivity (Wildman–Crippen MR) is 115 cm³/mol. The number of benzene rings is 2. The Labute approximate surface area is 182 Å². The summed E-state index contributed by atoms with van der Waals surface area (Å²) < 4.78 is 12.1. The third-order valence-corrected chi connectivity index (χ3v) is 6.24. The van der Waals surface area contributed by atoms with Crippen LogP contribution >= 0.6 is 0 Å². The van der Waals surface area contributed by atoms with Crippen LogP contribution in [-0.4, -0.2) is 60.1 Å². The van der Waals surface area contributed by atoms with Gasteiger partial charge in [-0.2, -0.15) is 0 Å². The first-order valence-corrected chi connectivity index (χ1v) is 11.1. The van der Waals surface area contributed by atoms with Crippen LogP contribution < -0.4 is 4.74 Å². The Bertz CT molecular complexity index is 919. The van der Waals surface area contributed by atoms with E-state index in [2.05, 4.69) is 0 Å². The molecule has 3 aliphatic rings. The molecule has 0 N–H and O–H groups in total. The molecule has 0 spiro atoms. The second kappa shape index (κ2) is 8.71. The van der Waals surface area contributed by atoms with E-state index in [1.165, 1.54) is 12.8 Å². The van der Waals surface area contributed by atoms with Crippen LogP contribution in [0.15, 0.2) is 54.6 Å². The van der Waals surface area contributed by atoms with Crippen LogP contribution in [0.5, 0.6) is 5.75 Å². The molecular weight excluding hydrogens is 392 g/mol. The van der Waals surface area contributed by atoms with E-state index >= 15 is 0 Å². The molecule has 6 nitrogen and oxygen atoms in total. The van der Waals surface area contributed by atoms with E-state index < -0.39 is 6.10 Å². The van der Waals surface area contributed by atoms with Crippen molar-refractivity contribution in [2.24, 2.45) is 5.92 Å². The van der Waals surface area contributed by atoms with Crippen LogP contribution in [0.3, 0.4) is 0 Å². The number of nitrogens with zero attached hydrogens (tertiary/aromatic N) is 2. The van der Waals surface area contributed by atoms with E-state index in [1.54, 1.807) is 4.90 Å². The van der Waals surface area contributed by atoms with Gasteiger partial charge in [0.25, 0.3) is 5.91 Å². The second-order valence-electron chi connectivity index (χ2n) is 8.80. The van der Waals surface area contributed by atoms with Crippen molar-refractivity contribution >= 4 is 11.8 Å². The fourth-order valence-corrected chi connectivity index (χ4v) is 4.29. The summed E-state index contributed by atoms with van der Waals surface area (Å²) in [4.78, 5) is 29.9. The predicted octanol–water partition coefficient (Wildman–Crippen LogP) is 2.66. The Hall–Kier alpha value is -2.86. The largest absolute Gasteiger partial charge is 0.480 e. The lowest BCUT2D eigenvalue weighted by molar-refractivity contribution is -0.143. The van der Waals surface area contributed by atoms with Crippen LogP contribution in [-0.2, 0) is 27.3 Å². The van der Waals surface area contributed by atoms with E-state index in [1.807, 2.05) is 59.5 Å². The number of hydrogen-bond acceptors (Lipinski definition) is 4. The lowest BCUT2D eigenvalue weighted by atomic mass is 10.1. The summed E-state index contributed by atoms with van der Waals surface area (Å²) in [6, 6.07) is 17.7. The van der Waals surface area contributed by atoms with Crippen molar-refractivity contribution in [3.63, 3.8) is 0 Å². The van der Waals surface area contributed by atoms with Gasteiger partial charge in [-0.05, 0) is 36.0 Å². The number of ether oxygens (including phenoxy) is 2. The van der Waals surface area contributed by atoms with Crippen molar-refractivity contribution in [1.82, 2.24) is 9.80 Å². The Morgan fingerprint density at radius 2 is 1.81 bits per heavy atom. The first kappa shape index (κ1) is 20.1. The highest BCUT2D eigenvalue weighted by Crippen LogP contribution is 2.31. The summed E-state index contributed by atoms with van der Waals surface area (Å²) in [5, 5.41) is 0. The standard InChI is InChI=1S/C25H28N2O4/c28-24-16-27(25(29)23-12-20-8-4-5-9-22(20)31-23)15-21(30-17-19-10-11-19)14-26(24)13-18-6-2-1-3-7-18/h1-9,19,21,23H,10-17H2/t21-,23-/m1/s1. The Morgan fingerprint density at radius 1 is 1.03 bits per heavy atom. The van der Waals surface area contributed by atoms with Crippen molar-refractivity contribution in [2.75, 3.05) is 26.2 Å². The summed E-state index contributed by atoms with van der Waals surface area (Å²) in [6.45, 7) is 2.20. The zero-order valence-electron chi connectivity index (χ0n) is 17.6. The second-order valence-corrected chi connectivity index (χ2v) is 8.80. The van der Waals surface area contributed by atoms with Crippen molar-refractivity contribution in [3.8, 4) is 5.75 Å². The summed E-state index contributed by atoms with van der Waals surface area (Å²) in [7, 11) is 0. The molecule has 5 rings (SSSR count). The molecule has 2 atom stereocenters. The molecule has 1 saturated heterocycles. The molecule has 31 heavy (non-hydrogen) atoms. The SMILES string of the molecule is O=C1CN(C(=O)[C@H]2Cc3ccccc3O2)C[C@H](OCC2CC2)CN1Cc1ccccc1. The molecule has 162 valence electrons. The van der Waals surface area contributed by atoms with E-state index in [9.17, 15) is 9.59 Å². The van der Waals surface area contributed by atoms with Gasteiger partial charge in [-0.3, -0.25) is 9.59 Å². The molecule has 0 radical (unpaired) electrons. The average molecular weight is 421 g/mol. The summed E-state index contributed by atoms with van der Waals surface area (Å²) in [6.07, 6.45) is 2.19. The number of rotatable bonds is 6. The van der Waals surface area contributed by atoms with Gasteiger partial charge in [-0.1, -0.05) is 48.5 Å². The zero-order chi connectivity index (χ0) is 21.2. The molecule has 1 saturated carbocycles. The molecule has 2 aromatic carbocycles. The number of carbonyl (C=O) groups excluding carboxylic acids is 2. The van der Waals surface area contributed by atoms with Crippen molar-refractivity contribution in [3.05, 3.63) is 65.7 Å². The van der Waals surface area contributed by atoms with Crippen molar-refractivity contribution in [2.45, 2.75) is 38.0 Å². The molecule has 6 heteroatoms. The minimum Gasteiger partial charge on any atom is -0.480 e. The highest BCUT2D eigenvalue weighted by Gasteiger charge is 2.37. The van der Waals surface area contributed by atoms with Gasteiger partial charge in [0.2, 0.25) is 5.91 Å². The number of para-hydroxylation sites is 1. The summed E-state index contributed by atoms with van der Waals surface area (Å²) >= 11 is 0. The Balaban J connectivity index is 1.30. The number of amides is 2. The van der Waals surface area contributed by atoms with Crippen LogP contribution in [0.25, 0.3) is 0 Å². The van der Waals surface area contributed by atoms with Crippen LogP contribution in [0.1, 0.15) is 24.0 Å². The molecule has 2 aliphatic heterocycles. The third kappa shape index (κ3) is 4.74. The minimum absolute atomic E-state index is 0.0507. The molecule has 0 bridgehead atoms. The highest BCUT2D eigenvalue weighted by molar-refractivity contribution is 5.88. The third-order valence-electron chi connectivity index (χ3n) is 6.24. The van der Waals surface area contributed by atoms with Gasteiger partial charge in [-0.15, -0.1) is 0 Å². The average Bonchev–Trinajstić information content (AvgIpc) is 3.54. The van der Waals surface area contributed by atoms with Gasteiger partial charge in [0.15, 0.2) is 6.10 Å². The molecule has 2 heterocycles. The van der Waals surface area contributed by atoms with Gasteiger partial charge in [0.05, 0.1) is 12.6 Å². The lowest BCUT2D eigenvalue weighted by Crippen LogP contribution is -2.46. The van der Waals surface area contributed by atoms with Gasteiger partial charge >= 0.3 is 0 Å². The fourth-order valence-electron chi connectivity index (χ4n) is 4.29. The van der Waals surface area contributed by atoms with E-state index in [0.29, 0.717) is 38.6 Å². The lowest BCUT2D eigenvalue weighted by Gasteiger charge is -2.26. The number of fused-ring (bicyclic) bond motifs is 1. The monoisotopic (exact) mass is 420 g/mol. The first-order valence-electron chi connectivity index (χ1n) is 11.1. The molecule has 2 aromatic rings. The van der Waals surface area contributed by atoms with Gasteiger partial charge in [0, 0.05) is 32.7 Å². The number of carbonyl (C=O) groups is 2. The Morgan fingerprint density at radius 3 is 2.58 bits per heavy atom. The summed E-state index contributed by atoms with van der Waals surface area (Å²) in [5.41, 5.74) is 2.11. The Kier molecular flexibility index (Phi) is 5.64. The number of hydrogen-bond donors (Lipinski definition) is 0. The first-order chi connectivity index (χ1) is 15.2. The molecule has 0 unspecified atom stereocenters. The molecule has 2 fully saturated rings. The van der Waals surface area contributed by atoms with Crippen LogP contribution in [0, 0.1) is 5.92 Å². The fraction of sp³-hybridized carbons (Fsp3) is 0.440. The minimum atomic E-state index is -0.574. The van der Waals surface area contributed by atoms with E-state index in [0.717, 1.165) is 16.9 Å². The molecule has 0 aromatic heterocycles. The topological polar surface area (TPSA) is 59.1 Å². The molecular formula is C25H28N2O4. The maximum absolute atomic E-state index is 13.3. The van der Waals surface area contributed by atoms with E-state index in [4.69, 9.17) is 9.47 Å². The maximum Gasteiger partial charge on any atom is 0.264 e. The quantitative estimate of drug-likeness (QED) is 0.721. The van der Waals surface area contributed by atoms with Crippen molar-refractivity contribution in [1.29, 1.82) is 0 Å². The highest BCUT2D eigenvalue weighted by atomic mass is 16.5. The van der Waals surface area contributed by atoms with Gasteiger partial charge in [0.1, 0.15) is 5.75 Å². The smallest absolute Gasteiger partial charge is 0.264 e. The van der Waals surface area contributed by atoms with E-state index in [-0.39, 0.29) is 24.5 Å². The zero-order valence-corrected chi connectivity index (χ0v) is 17.6. The van der Waals surface area contributed by atoms with Crippen LogP contribution in [0.2, 0.25) is 0 Å². The summed E-state index contributed by atoms with van der Waals surface area (Å²) in [5.74, 6) is 1.20. The van der Waals surface area contributed by atoms with Gasteiger partial charge in [-0.25, -0.2) is 0 Å². The maximum atomic E-state index is 13.3.